The number of amides is 1. The summed E-state index contributed by atoms with van der Waals surface area (Å²) in [6.45, 7) is 6.13. The van der Waals surface area contributed by atoms with Gasteiger partial charge in [-0.1, -0.05) is 44.7 Å². The van der Waals surface area contributed by atoms with Crippen molar-refractivity contribution in [1.82, 2.24) is 15.0 Å². The minimum atomic E-state index is -0.613. The Hall–Kier alpha value is -4.08. The molecule has 2 N–H and O–H groups in total. The summed E-state index contributed by atoms with van der Waals surface area (Å²) in [7, 11) is 4.29. The minimum absolute atomic E-state index is 0.0303. The van der Waals surface area contributed by atoms with Crippen LogP contribution in [0.4, 0.5) is 5.69 Å². The zero-order valence-corrected chi connectivity index (χ0v) is 21.6. The Kier molecular flexibility index (Phi) is 10.7. The average Bonchev–Trinajstić information content (AvgIpc) is 3.29. The Morgan fingerprint density at radius 3 is 2.28 bits per heavy atom. The highest BCUT2D eigenvalue weighted by molar-refractivity contribution is 6.05. The van der Waals surface area contributed by atoms with Gasteiger partial charge in [0.05, 0.1) is 38.3 Å². The third-order valence-corrected chi connectivity index (χ3v) is 5.35. The fraction of sp³-hybridized carbons (Fsp3) is 0.385. The first kappa shape index (κ1) is 28.2. The number of aromatic nitrogens is 3. The van der Waals surface area contributed by atoms with Crippen molar-refractivity contribution in [3.8, 4) is 22.9 Å². The fourth-order valence-corrected chi connectivity index (χ4v) is 3.29. The predicted molar refractivity (Wildman–Crippen MR) is 136 cm³/mol. The fourth-order valence-electron chi connectivity index (χ4n) is 3.29. The molecule has 0 aliphatic rings. The summed E-state index contributed by atoms with van der Waals surface area (Å²) in [6.07, 6.45) is 5.54. The number of esters is 1. The van der Waals surface area contributed by atoms with E-state index >= 15 is 0 Å². The number of aromatic hydroxyl groups is 1. The van der Waals surface area contributed by atoms with Gasteiger partial charge in [0, 0.05) is 6.07 Å². The maximum absolute atomic E-state index is 12.7. The number of nitrogens with zero attached hydrogens (tertiary/aromatic N) is 3. The van der Waals surface area contributed by atoms with Crippen molar-refractivity contribution >= 4 is 17.6 Å². The monoisotopic (exact) mass is 498 g/mol. The SMILES string of the molecule is CCCCCC.COC(=O)c1ccc(O)c(NC(=O)c2nnn(-c3cc(OC)ccc3OC)c2C)c1. The van der Waals surface area contributed by atoms with Gasteiger partial charge in [0.1, 0.15) is 22.9 Å². The number of phenols is 1. The number of phenolic OH excluding ortho intramolecular Hbond substituents is 1. The Morgan fingerprint density at radius 1 is 1.00 bits per heavy atom. The van der Waals surface area contributed by atoms with Gasteiger partial charge in [-0.2, -0.15) is 0 Å². The number of rotatable bonds is 9. The lowest BCUT2D eigenvalue weighted by Gasteiger charge is -2.11. The first-order chi connectivity index (χ1) is 17.3. The van der Waals surface area contributed by atoms with Gasteiger partial charge in [-0.05, 0) is 37.3 Å². The summed E-state index contributed by atoms with van der Waals surface area (Å²) in [5, 5.41) is 20.6. The van der Waals surface area contributed by atoms with E-state index in [1.807, 2.05) is 0 Å². The number of methoxy groups -OCH3 is 3. The summed E-state index contributed by atoms with van der Waals surface area (Å²) < 4.78 is 16.7. The van der Waals surface area contributed by atoms with Crippen LogP contribution < -0.4 is 14.8 Å². The normalized spacial score (nSPS) is 10.2. The van der Waals surface area contributed by atoms with Gasteiger partial charge in [0.15, 0.2) is 5.69 Å². The second-order valence-corrected chi connectivity index (χ2v) is 7.86. The van der Waals surface area contributed by atoms with Crippen LogP contribution in [0.3, 0.4) is 0 Å². The number of ether oxygens (including phenoxy) is 3. The molecule has 0 atom stereocenters. The van der Waals surface area contributed by atoms with Crippen molar-refractivity contribution in [2.24, 2.45) is 0 Å². The quantitative estimate of drug-likeness (QED) is 0.242. The van der Waals surface area contributed by atoms with E-state index in [2.05, 4.69) is 34.2 Å². The molecule has 0 aliphatic carbocycles. The van der Waals surface area contributed by atoms with Crippen molar-refractivity contribution in [3.63, 3.8) is 0 Å². The van der Waals surface area contributed by atoms with Gasteiger partial charge in [0.2, 0.25) is 0 Å². The van der Waals surface area contributed by atoms with Crippen LogP contribution >= 0.6 is 0 Å². The lowest BCUT2D eigenvalue weighted by atomic mass is 10.2. The van der Waals surface area contributed by atoms with E-state index in [1.54, 1.807) is 25.1 Å². The van der Waals surface area contributed by atoms with Crippen LogP contribution in [-0.2, 0) is 4.74 Å². The molecule has 10 heteroatoms. The maximum atomic E-state index is 12.7. The molecule has 0 radical (unpaired) electrons. The Bertz CT molecular complexity index is 1170. The van der Waals surface area contributed by atoms with E-state index in [0.29, 0.717) is 22.9 Å². The molecule has 0 spiro atoms. The molecule has 0 fully saturated rings. The third-order valence-electron chi connectivity index (χ3n) is 5.35. The second kappa shape index (κ2) is 13.7. The van der Waals surface area contributed by atoms with E-state index in [0.717, 1.165) is 0 Å². The lowest BCUT2D eigenvalue weighted by Crippen LogP contribution is -2.15. The molecule has 1 amide bonds. The van der Waals surface area contributed by atoms with Crippen molar-refractivity contribution in [2.75, 3.05) is 26.6 Å². The van der Waals surface area contributed by atoms with Crippen LogP contribution in [0.15, 0.2) is 36.4 Å². The number of unbranched alkanes of at least 4 members (excludes halogenated alkanes) is 3. The first-order valence-electron chi connectivity index (χ1n) is 11.7. The number of carbonyl (C=O) groups excluding carboxylic acids is 2. The third kappa shape index (κ3) is 6.97. The minimum Gasteiger partial charge on any atom is -0.506 e. The van der Waals surface area contributed by atoms with Gasteiger partial charge in [-0.15, -0.1) is 5.10 Å². The molecule has 3 rings (SSSR count). The summed E-state index contributed by atoms with van der Waals surface area (Å²) in [4.78, 5) is 24.4. The molecular weight excluding hydrogens is 464 g/mol. The first-order valence-corrected chi connectivity index (χ1v) is 11.7. The molecule has 0 saturated carbocycles. The Balaban J connectivity index is 0.000000678. The molecule has 3 aromatic rings. The molecule has 36 heavy (non-hydrogen) atoms. The predicted octanol–water partition coefficient (Wildman–Crippen LogP) is 4.92. The van der Waals surface area contributed by atoms with Crippen molar-refractivity contribution < 1.29 is 28.9 Å². The zero-order chi connectivity index (χ0) is 26.7. The van der Waals surface area contributed by atoms with Gasteiger partial charge in [0.25, 0.3) is 5.91 Å². The highest BCUT2D eigenvalue weighted by Gasteiger charge is 2.21. The van der Waals surface area contributed by atoms with Crippen molar-refractivity contribution in [1.29, 1.82) is 0 Å². The Labute approximate surface area is 211 Å². The van der Waals surface area contributed by atoms with E-state index in [-0.39, 0.29) is 22.7 Å². The number of benzene rings is 2. The van der Waals surface area contributed by atoms with Crippen molar-refractivity contribution in [3.05, 3.63) is 53.3 Å². The number of carbonyl (C=O) groups is 2. The van der Waals surface area contributed by atoms with E-state index in [1.165, 1.54) is 69.9 Å². The Morgan fingerprint density at radius 2 is 1.69 bits per heavy atom. The summed E-state index contributed by atoms with van der Waals surface area (Å²) >= 11 is 0. The molecule has 0 unspecified atom stereocenters. The van der Waals surface area contributed by atoms with Crippen LogP contribution in [0.25, 0.3) is 5.69 Å². The van der Waals surface area contributed by atoms with Gasteiger partial charge < -0.3 is 24.6 Å². The molecule has 0 bridgehead atoms. The number of hydrogen-bond donors (Lipinski definition) is 2. The van der Waals surface area contributed by atoms with E-state index in [4.69, 9.17) is 9.47 Å². The molecule has 1 aromatic heterocycles. The van der Waals surface area contributed by atoms with Crippen molar-refractivity contribution in [2.45, 2.75) is 46.5 Å². The van der Waals surface area contributed by atoms with Gasteiger partial charge in [-0.3, -0.25) is 4.79 Å². The molecule has 194 valence electrons. The summed E-state index contributed by atoms with van der Waals surface area (Å²) in [6, 6.07) is 9.13. The smallest absolute Gasteiger partial charge is 0.337 e. The second-order valence-electron chi connectivity index (χ2n) is 7.86. The van der Waals surface area contributed by atoms with Crippen LogP contribution in [0.5, 0.6) is 17.2 Å². The average molecular weight is 499 g/mol. The molecule has 10 nitrogen and oxygen atoms in total. The summed E-state index contributed by atoms with van der Waals surface area (Å²) in [5.41, 5.74) is 1.21. The van der Waals surface area contributed by atoms with Crippen LogP contribution in [0, 0.1) is 6.92 Å². The lowest BCUT2D eigenvalue weighted by molar-refractivity contribution is 0.0600. The number of anilines is 1. The van der Waals surface area contributed by atoms with Crippen LogP contribution in [-0.4, -0.2) is 53.3 Å². The number of hydrogen-bond acceptors (Lipinski definition) is 8. The largest absolute Gasteiger partial charge is 0.506 e. The highest BCUT2D eigenvalue weighted by atomic mass is 16.5. The molecule has 0 aliphatic heterocycles. The standard InChI is InChI=1S/C20H20N4O6.C6H14/c1-11-18(19(26)21-14-9-12(20(27)30-4)5-7-16(14)25)22-23-24(11)15-10-13(28-2)6-8-17(15)29-3;1-3-5-6-4-2/h5-10,25H,1-4H3,(H,21,26);3-6H2,1-2H3. The molecule has 1 heterocycles. The topological polar surface area (TPSA) is 125 Å². The van der Waals surface area contributed by atoms with Crippen LogP contribution in [0.2, 0.25) is 0 Å². The summed E-state index contributed by atoms with van der Waals surface area (Å²) in [5.74, 6) is -0.332. The highest BCUT2D eigenvalue weighted by Crippen LogP contribution is 2.29. The number of nitrogens with one attached hydrogen (secondary N) is 1. The van der Waals surface area contributed by atoms with E-state index < -0.39 is 11.9 Å². The van der Waals surface area contributed by atoms with Gasteiger partial charge >= 0.3 is 5.97 Å². The van der Waals surface area contributed by atoms with E-state index in [9.17, 15) is 14.7 Å². The molecule has 2 aromatic carbocycles. The maximum Gasteiger partial charge on any atom is 0.337 e. The molecular formula is C26H34N4O6. The van der Waals surface area contributed by atoms with Crippen LogP contribution in [0.1, 0.15) is 66.1 Å². The zero-order valence-electron chi connectivity index (χ0n) is 21.6. The molecule has 0 saturated heterocycles. The van der Waals surface area contributed by atoms with Gasteiger partial charge in [-0.25, -0.2) is 9.48 Å².